The standard InChI is InChI=1S/C11H20.C10H16O2.C8H16.C2H4O2/c1-9(2)6-11-5-4-10(3,7-11)8-11;1-7(2)3-9-4-10(5-9,6-9)8(11)12;1-7(2)6-8-4-3-5-8;1-2(3)4/h9H,4-8H2,1-3H3;7H,3-6H2,1-2H3,(H,11,12);7-8H,3-6H2,1-2H3;1H3,(H,3,4). The number of hydrogen-bond donors (Lipinski definition) is 2. The molecule has 7 aliphatic rings. The van der Waals surface area contributed by atoms with E-state index in [1.807, 2.05) is 0 Å². The van der Waals surface area contributed by atoms with Gasteiger partial charge in [0.15, 0.2) is 0 Å². The first-order chi connectivity index (χ1) is 16.0. The highest BCUT2D eigenvalue weighted by molar-refractivity contribution is 5.79. The Kier molecular flexibility index (Phi) is 9.95. The van der Waals surface area contributed by atoms with E-state index in [0.29, 0.717) is 5.41 Å². The zero-order chi connectivity index (χ0) is 26.7. The van der Waals surface area contributed by atoms with Gasteiger partial charge in [-0.15, -0.1) is 0 Å². The van der Waals surface area contributed by atoms with E-state index in [1.165, 1.54) is 64.2 Å². The Balaban J connectivity index is 0.000000175. The van der Waals surface area contributed by atoms with Crippen molar-refractivity contribution in [3.8, 4) is 0 Å². The molecule has 7 aliphatic carbocycles. The van der Waals surface area contributed by atoms with E-state index < -0.39 is 11.9 Å². The van der Waals surface area contributed by atoms with Crippen molar-refractivity contribution in [1.82, 2.24) is 0 Å². The third-order valence-electron chi connectivity index (χ3n) is 9.17. The van der Waals surface area contributed by atoms with E-state index >= 15 is 0 Å². The fourth-order valence-corrected chi connectivity index (χ4v) is 8.49. The van der Waals surface area contributed by atoms with Crippen LogP contribution in [0.4, 0.5) is 0 Å². The Morgan fingerprint density at radius 3 is 1.49 bits per heavy atom. The van der Waals surface area contributed by atoms with Crippen molar-refractivity contribution in [3.63, 3.8) is 0 Å². The van der Waals surface area contributed by atoms with Gasteiger partial charge in [-0.1, -0.05) is 67.7 Å². The molecule has 4 bridgehead atoms. The third kappa shape index (κ3) is 8.22. The Hall–Kier alpha value is -1.06. The normalized spacial score (nSPS) is 35.6. The predicted molar refractivity (Wildman–Crippen MR) is 144 cm³/mol. The van der Waals surface area contributed by atoms with E-state index in [9.17, 15) is 4.79 Å². The molecule has 4 heteroatoms. The number of rotatable bonds is 7. The number of aliphatic carboxylic acids is 2. The Labute approximate surface area is 216 Å². The minimum atomic E-state index is -0.833. The van der Waals surface area contributed by atoms with E-state index in [4.69, 9.17) is 15.0 Å². The maximum absolute atomic E-state index is 10.8. The van der Waals surface area contributed by atoms with Crippen LogP contribution in [0.1, 0.15) is 139 Å². The highest BCUT2D eigenvalue weighted by Gasteiger charge is 2.71. The van der Waals surface area contributed by atoms with Crippen LogP contribution in [0.3, 0.4) is 0 Å². The van der Waals surface area contributed by atoms with Gasteiger partial charge in [-0.25, -0.2) is 0 Å². The maximum atomic E-state index is 10.8. The summed E-state index contributed by atoms with van der Waals surface area (Å²) in [5, 5.41) is 16.3. The molecule has 7 rings (SSSR count). The minimum absolute atomic E-state index is 0.269. The van der Waals surface area contributed by atoms with Crippen LogP contribution < -0.4 is 0 Å². The average Bonchev–Trinajstić information content (AvgIpc) is 3.05. The van der Waals surface area contributed by atoms with Crippen molar-refractivity contribution in [2.75, 3.05) is 0 Å². The second kappa shape index (κ2) is 11.5. The summed E-state index contributed by atoms with van der Waals surface area (Å²) in [5.74, 6) is 2.28. The fourth-order valence-electron chi connectivity index (χ4n) is 8.49. The summed E-state index contributed by atoms with van der Waals surface area (Å²) in [4.78, 5) is 19.8. The molecular weight excluding hydrogens is 436 g/mol. The van der Waals surface area contributed by atoms with Crippen molar-refractivity contribution in [2.45, 2.75) is 139 Å². The summed E-state index contributed by atoms with van der Waals surface area (Å²) in [6.45, 7) is 17.3. The molecule has 2 N–H and O–H groups in total. The molecule has 7 saturated carbocycles. The SMILES string of the molecule is CC(=O)O.CC(C)CC12CC(C(=O)O)(C1)C2.CC(C)CC12CCC(C)(C1)C2.CC(C)CC1CCC1. The fraction of sp³-hybridized carbons (Fsp3) is 0.935. The molecule has 0 amide bonds. The van der Waals surface area contributed by atoms with Crippen LogP contribution in [0, 0.1) is 45.3 Å². The first-order valence-electron chi connectivity index (χ1n) is 14.5. The van der Waals surface area contributed by atoms with Gasteiger partial charge in [0.25, 0.3) is 5.97 Å². The van der Waals surface area contributed by atoms with Crippen molar-refractivity contribution >= 4 is 11.9 Å². The second-order valence-corrected chi connectivity index (χ2v) is 14.9. The summed E-state index contributed by atoms with van der Waals surface area (Å²) < 4.78 is 0. The molecule has 4 nitrogen and oxygen atoms in total. The lowest BCUT2D eigenvalue weighted by Crippen LogP contribution is -2.65. The summed E-state index contributed by atoms with van der Waals surface area (Å²) in [6.07, 6.45) is 17.7. The molecule has 0 heterocycles. The molecule has 7 fully saturated rings. The first kappa shape index (κ1) is 30.2. The summed E-state index contributed by atoms with van der Waals surface area (Å²) >= 11 is 0. The summed E-state index contributed by atoms with van der Waals surface area (Å²) in [5.41, 5.74) is 1.79. The molecular formula is C31H56O4. The van der Waals surface area contributed by atoms with Crippen molar-refractivity contribution < 1.29 is 19.8 Å². The lowest BCUT2D eigenvalue weighted by molar-refractivity contribution is -0.227. The van der Waals surface area contributed by atoms with Gasteiger partial charge < -0.3 is 10.2 Å². The smallest absolute Gasteiger partial charge is 0.309 e. The van der Waals surface area contributed by atoms with Crippen LogP contribution in [0.2, 0.25) is 0 Å². The zero-order valence-corrected chi connectivity index (χ0v) is 24.2. The lowest BCUT2D eigenvalue weighted by Gasteiger charge is -2.69. The van der Waals surface area contributed by atoms with Crippen molar-refractivity contribution in [2.24, 2.45) is 45.3 Å². The van der Waals surface area contributed by atoms with Crippen molar-refractivity contribution in [3.05, 3.63) is 0 Å². The van der Waals surface area contributed by atoms with E-state index in [-0.39, 0.29) is 5.41 Å². The molecule has 0 aliphatic heterocycles. The Morgan fingerprint density at radius 1 is 0.771 bits per heavy atom. The van der Waals surface area contributed by atoms with E-state index in [1.54, 1.807) is 0 Å². The van der Waals surface area contributed by atoms with E-state index in [0.717, 1.165) is 60.7 Å². The van der Waals surface area contributed by atoms with Crippen LogP contribution in [-0.4, -0.2) is 22.2 Å². The molecule has 0 spiro atoms. The number of carboxylic acid groups (broad SMARTS) is 2. The van der Waals surface area contributed by atoms with Gasteiger partial charge in [-0.05, 0) is 104 Å². The van der Waals surface area contributed by atoms with E-state index in [2.05, 4.69) is 48.5 Å². The van der Waals surface area contributed by atoms with Gasteiger partial charge in [0.1, 0.15) is 0 Å². The highest BCUT2D eigenvalue weighted by Crippen LogP contribution is 2.75. The number of carbonyl (C=O) groups is 2. The molecule has 0 unspecified atom stereocenters. The van der Waals surface area contributed by atoms with Crippen LogP contribution in [0.25, 0.3) is 0 Å². The van der Waals surface area contributed by atoms with Gasteiger partial charge in [0.05, 0.1) is 5.41 Å². The highest BCUT2D eigenvalue weighted by atomic mass is 16.4. The van der Waals surface area contributed by atoms with Crippen LogP contribution in [0.15, 0.2) is 0 Å². The molecule has 35 heavy (non-hydrogen) atoms. The monoisotopic (exact) mass is 492 g/mol. The van der Waals surface area contributed by atoms with Gasteiger partial charge in [-0.3, -0.25) is 9.59 Å². The molecule has 0 aromatic heterocycles. The number of carboxylic acids is 2. The maximum Gasteiger partial charge on any atom is 0.309 e. The van der Waals surface area contributed by atoms with Gasteiger partial charge in [-0.2, -0.15) is 0 Å². The van der Waals surface area contributed by atoms with Crippen LogP contribution in [0.5, 0.6) is 0 Å². The van der Waals surface area contributed by atoms with Crippen LogP contribution >= 0.6 is 0 Å². The zero-order valence-electron chi connectivity index (χ0n) is 24.2. The van der Waals surface area contributed by atoms with Gasteiger partial charge >= 0.3 is 5.97 Å². The number of hydrogen-bond acceptors (Lipinski definition) is 2. The number of fused-ring (bicyclic) bond motifs is 1. The third-order valence-corrected chi connectivity index (χ3v) is 9.17. The molecule has 204 valence electrons. The molecule has 0 saturated heterocycles. The molecule has 0 aromatic carbocycles. The molecule has 0 aromatic rings. The topological polar surface area (TPSA) is 74.6 Å². The Bertz CT molecular complexity index is 686. The predicted octanol–water partition coefficient (Wildman–Crippen LogP) is 8.82. The molecule has 0 atom stereocenters. The lowest BCUT2D eigenvalue weighted by atomic mass is 9.34. The quantitative estimate of drug-likeness (QED) is 0.372. The summed E-state index contributed by atoms with van der Waals surface area (Å²) in [7, 11) is 0. The van der Waals surface area contributed by atoms with Gasteiger partial charge in [0.2, 0.25) is 0 Å². The van der Waals surface area contributed by atoms with Gasteiger partial charge in [0, 0.05) is 6.92 Å². The van der Waals surface area contributed by atoms with Crippen molar-refractivity contribution in [1.29, 1.82) is 0 Å². The second-order valence-electron chi connectivity index (χ2n) is 14.9. The minimum Gasteiger partial charge on any atom is -0.481 e. The molecule has 0 radical (unpaired) electrons. The summed E-state index contributed by atoms with van der Waals surface area (Å²) in [6, 6.07) is 0. The largest absolute Gasteiger partial charge is 0.481 e. The van der Waals surface area contributed by atoms with Crippen LogP contribution in [-0.2, 0) is 9.59 Å². The first-order valence-corrected chi connectivity index (χ1v) is 14.5. The Morgan fingerprint density at radius 2 is 1.23 bits per heavy atom. The average molecular weight is 493 g/mol.